The molecule has 0 saturated heterocycles. The molecule has 21 heavy (non-hydrogen) atoms. The van der Waals surface area contributed by atoms with E-state index in [4.69, 9.17) is 11.6 Å². The average molecular weight is 288 g/mol. The molecule has 0 radical (unpaired) electrons. The highest BCUT2D eigenvalue weighted by Crippen LogP contribution is 2.27. The molecule has 1 unspecified atom stereocenters. The molecule has 0 aromatic rings. The van der Waals surface area contributed by atoms with Gasteiger partial charge < -0.3 is 11.2 Å². The van der Waals surface area contributed by atoms with E-state index in [0.717, 1.165) is 49.1 Å². The molecule has 6 N–H and O–H groups in total. The van der Waals surface area contributed by atoms with Crippen molar-refractivity contribution in [1.29, 1.82) is 0 Å². The number of unbranched alkanes of at least 4 members (excludes halogenated alkanes) is 1. The molecule has 1 aliphatic carbocycles. The Kier molecular flexibility index (Phi) is 7.66. The second kappa shape index (κ2) is 9.28. The van der Waals surface area contributed by atoms with Gasteiger partial charge in [0.05, 0.1) is 5.70 Å². The Hall–Kier alpha value is -1.70. The van der Waals surface area contributed by atoms with Crippen LogP contribution in [-0.4, -0.2) is 0 Å². The molecule has 0 amide bonds. The van der Waals surface area contributed by atoms with Crippen LogP contribution in [0.25, 0.3) is 0 Å². The highest BCUT2D eigenvalue weighted by atomic mass is 15.5. The average Bonchev–Trinajstić information content (AvgIpc) is 2.48. The van der Waals surface area contributed by atoms with E-state index in [1.54, 1.807) is 0 Å². The standard InChI is InChI=1S/C17H28N4/c1-4-6-8-16(20-21-19)15-12-11-14(7-5-2)10-9-13(3)17(15)18/h8,12,14,20-21H,4,6,9-11,18-19H2,1-3H3/b15-12-,16-8+,17-13-. The number of allylic oxidation sites excluding steroid dienone is 3. The third kappa shape index (κ3) is 5.30. The van der Waals surface area contributed by atoms with Crippen LogP contribution < -0.4 is 22.5 Å². The highest BCUT2D eigenvalue weighted by molar-refractivity contribution is 5.46. The minimum absolute atomic E-state index is 0.395. The fourth-order valence-corrected chi connectivity index (χ4v) is 2.43. The van der Waals surface area contributed by atoms with Crippen molar-refractivity contribution in [2.75, 3.05) is 0 Å². The van der Waals surface area contributed by atoms with Gasteiger partial charge in [0.15, 0.2) is 0 Å². The molecule has 116 valence electrons. The van der Waals surface area contributed by atoms with Gasteiger partial charge in [-0.15, -0.1) is 5.92 Å². The molecular weight excluding hydrogens is 260 g/mol. The van der Waals surface area contributed by atoms with E-state index in [1.807, 2.05) is 6.92 Å². The van der Waals surface area contributed by atoms with Crippen molar-refractivity contribution in [3.63, 3.8) is 0 Å². The molecule has 0 spiro atoms. The zero-order valence-corrected chi connectivity index (χ0v) is 13.4. The minimum atomic E-state index is 0.395. The fraction of sp³-hybridized carbons (Fsp3) is 0.529. The van der Waals surface area contributed by atoms with Gasteiger partial charge in [0.1, 0.15) is 0 Å². The van der Waals surface area contributed by atoms with Gasteiger partial charge in [-0.05, 0) is 45.1 Å². The number of hydrogen-bond donors (Lipinski definition) is 4. The molecule has 1 aliphatic rings. The van der Waals surface area contributed by atoms with Gasteiger partial charge in [-0.3, -0.25) is 5.84 Å². The van der Waals surface area contributed by atoms with Crippen molar-refractivity contribution in [3.05, 3.63) is 34.7 Å². The van der Waals surface area contributed by atoms with Gasteiger partial charge in [-0.25, -0.2) is 0 Å². The van der Waals surface area contributed by atoms with Gasteiger partial charge in [0.2, 0.25) is 0 Å². The van der Waals surface area contributed by atoms with Crippen molar-refractivity contribution < 1.29 is 0 Å². The van der Waals surface area contributed by atoms with Crippen molar-refractivity contribution in [3.8, 4) is 11.8 Å². The lowest BCUT2D eigenvalue weighted by molar-refractivity contribution is 0.599. The van der Waals surface area contributed by atoms with Crippen molar-refractivity contribution in [2.24, 2.45) is 17.5 Å². The first kappa shape index (κ1) is 17.4. The van der Waals surface area contributed by atoms with Crippen LogP contribution in [0.1, 0.15) is 52.9 Å². The summed E-state index contributed by atoms with van der Waals surface area (Å²) in [6.07, 6.45) is 9.33. The molecule has 1 rings (SSSR count). The fourth-order valence-electron chi connectivity index (χ4n) is 2.43. The van der Waals surface area contributed by atoms with Crippen molar-refractivity contribution >= 4 is 0 Å². The van der Waals surface area contributed by atoms with Crippen LogP contribution >= 0.6 is 0 Å². The maximum atomic E-state index is 6.34. The predicted octanol–water partition coefficient (Wildman–Crippen LogP) is 2.62. The van der Waals surface area contributed by atoms with E-state index in [-0.39, 0.29) is 0 Å². The summed E-state index contributed by atoms with van der Waals surface area (Å²) in [6, 6.07) is 0. The zero-order valence-electron chi connectivity index (χ0n) is 13.4. The van der Waals surface area contributed by atoms with Crippen molar-refractivity contribution in [1.82, 2.24) is 11.0 Å². The van der Waals surface area contributed by atoms with E-state index in [0.29, 0.717) is 5.92 Å². The Bertz CT molecular complexity index is 489. The van der Waals surface area contributed by atoms with Gasteiger partial charge in [-0.1, -0.05) is 31.4 Å². The van der Waals surface area contributed by atoms with Crippen LogP contribution in [0.15, 0.2) is 34.7 Å². The molecule has 0 heterocycles. The normalized spacial score (nSPS) is 26.0. The third-order valence-electron chi connectivity index (χ3n) is 3.71. The SMILES string of the molecule is CC#CC1C/C=C(C(=C\CCC)/NNN)\C(N)=C(/C)CC1. The molecule has 1 atom stereocenters. The van der Waals surface area contributed by atoms with E-state index < -0.39 is 0 Å². The van der Waals surface area contributed by atoms with Crippen LogP contribution in [0.5, 0.6) is 0 Å². The first-order chi connectivity index (χ1) is 10.1. The summed E-state index contributed by atoms with van der Waals surface area (Å²) in [7, 11) is 0. The Labute approximate surface area is 128 Å². The molecule has 0 saturated carbocycles. The Balaban J connectivity index is 3.13. The second-order valence-corrected chi connectivity index (χ2v) is 5.35. The molecule has 4 nitrogen and oxygen atoms in total. The lowest BCUT2D eigenvalue weighted by Gasteiger charge is -2.21. The largest absolute Gasteiger partial charge is 0.398 e. The van der Waals surface area contributed by atoms with Crippen LogP contribution in [-0.2, 0) is 0 Å². The number of hydrazine groups is 2. The first-order valence-corrected chi connectivity index (χ1v) is 7.64. The smallest absolute Gasteiger partial charge is 0.0551 e. The maximum absolute atomic E-state index is 6.34. The monoisotopic (exact) mass is 288 g/mol. The highest BCUT2D eigenvalue weighted by Gasteiger charge is 2.16. The number of nitrogens with two attached hydrogens (primary N) is 2. The van der Waals surface area contributed by atoms with Crippen LogP contribution in [0, 0.1) is 17.8 Å². The Morgan fingerprint density at radius 2 is 2.29 bits per heavy atom. The Morgan fingerprint density at radius 3 is 2.90 bits per heavy atom. The molecule has 0 aliphatic heterocycles. The predicted molar refractivity (Wildman–Crippen MR) is 89.2 cm³/mol. The third-order valence-corrected chi connectivity index (χ3v) is 3.71. The van der Waals surface area contributed by atoms with Gasteiger partial charge in [0, 0.05) is 17.2 Å². The summed E-state index contributed by atoms with van der Waals surface area (Å²) in [6.45, 7) is 6.14. The van der Waals surface area contributed by atoms with Crippen LogP contribution in [0.2, 0.25) is 0 Å². The molecule has 0 bridgehead atoms. The summed E-state index contributed by atoms with van der Waals surface area (Å²) < 4.78 is 0. The van der Waals surface area contributed by atoms with Crippen LogP contribution in [0.3, 0.4) is 0 Å². The van der Waals surface area contributed by atoms with E-state index in [1.165, 1.54) is 5.57 Å². The zero-order chi connectivity index (χ0) is 15.7. The molecule has 4 heteroatoms. The lowest BCUT2D eigenvalue weighted by Crippen LogP contribution is -2.38. The lowest BCUT2D eigenvalue weighted by atomic mass is 9.90. The summed E-state index contributed by atoms with van der Waals surface area (Å²) in [5.74, 6) is 12.1. The van der Waals surface area contributed by atoms with Gasteiger partial charge in [-0.2, -0.15) is 5.53 Å². The number of hydrogen-bond acceptors (Lipinski definition) is 4. The molecule has 0 aromatic heterocycles. The molecule has 0 fully saturated rings. The van der Waals surface area contributed by atoms with Crippen LogP contribution in [0.4, 0.5) is 0 Å². The number of nitrogens with one attached hydrogen (secondary N) is 2. The summed E-state index contributed by atoms with van der Waals surface area (Å²) in [5, 5.41) is 0. The van der Waals surface area contributed by atoms with E-state index in [2.05, 4.69) is 48.8 Å². The minimum Gasteiger partial charge on any atom is -0.398 e. The quantitative estimate of drug-likeness (QED) is 0.356. The van der Waals surface area contributed by atoms with E-state index in [9.17, 15) is 0 Å². The van der Waals surface area contributed by atoms with E-state index >= 15 is 0 Å². The first-order valence-electron chi connectivity index (χ1n) is 7.64. The maximum Gasteiger partial charge on any atom is 0.0551 e. The molecular formula is C17H28N4. The Morgan fingerprint density at radius 1 is 1.52 bits per heavy atom. The second-order valence-electron chi connectivity index (χ2n) is 5.35. The van der Waals surface area contributed by atoms with Gasteiger partial charge in [0.25, 0.3) is 0 Å². The summed E-state index contributed by atoms with van der Waals surface area (Å²) >= 11 is 0. The summed E-state index contributed by atoms with van der Waals surface area (Å²) in [5.41, 5.74) is 15.9. The molecule has 0 aromatic carbocycles. The summed E-state index contributed by atoms with van der Waals surface area (Å²) in [4.78, 5) is 0. The number of rotatable bonds is 5. The topological polar surface area (TPSA) is 76.1 Å². The van der Waals surface area contributed by atoms with Gasteiger partial charge >= 0.3 is 0 Å². The van der Waals surface area contributed by atoms with Crippen molar-refractivity contribution in [2.45, 2.75) is 52.9 Å².